The van der Waals surface area contributed by atoms with Crippen LogP contribution < -0.4 is 0 Å². The molecule has 2 nitrogen and oxygen atoms in total. The number of carbonyl (C=O) groups is 2. The molecule has 0 heterocycles. The van der Waals surface area contributed by atoms with E-state index in [2.05, 4.69) is 0 Å². The third kappa shape index (κ3) is 3.05. The first-order valence-electron chi connectivity index (χ1n) is 4.55. The standard InChI is InChI=1S/C11H10Cl2O2/c1-2-7(14)6-10(15)11-8(12)4-3-5-9(11)13/h3-5H,2,6H2,1H3. The maximum Gasteiger partial charge on any atom is 0.173 e. The van der Waals surface area contributed by atoms with Gasteiger partial charge >= 0.3 is 0 Å². The summed E-state index contributed by atoms with van der Waals surface area (Å²) in [7, 11) is 0. The Hall–Kier alpha value is -0.860. The van der Waals surface area contributed by atoms with Gasteiger partial charge in [-0.05, 0) is 12.1 Å². The van der Waals surface area contributed by atoms with E-state index in [4.69, 9.17) is 23.2 Å². The van der Waals surface area contributed by atoms with Gasteiger partial charge < -0.3 is 0 Å². The van der Waals surface area contributed by atoms with Crippen LogP contribution in [0.15, 0.2) is 18.2 Å². The Morgan fingerprint density at radius 1 is 1.20 bits per heavy atom. The summed E-state index contributed by atoms with van der Waals surface area (Å²) in [6.45, 7) is 1.71. The minimum Gasteiger partial charge on any atom is -0.299 e. The molecule has 0 aliphatic carbocycles. The largest absolute Gasteiger partial charge is 0.299 e. The molecule has 0 N–H and O–H groups in total. The van der Waals surface area contributed by atoms with Gasteiger partial charge in [0.1, 0.15) is 5.78 Å². The van der Waals surface area contributed by atoms with Gasteiger partial charge in [-0.15, -0.1) is 0 Å². The summed E-state index contributed by atoms with van der Waals surface area (Å²) in [5.74, 6) is -0.437. The predicted molar refractivity (Wildman–Crippen MR) is 60.7 cm³/mol. The topological polar surface area (TPSA) is 34.1 Å². The van der Waals surface area contributed by atoms with Crippen LogP contribution in [0.4, 0.5) is 0 Å². The second kappa shape index (κ2) is 5.29. The zero-order valence-corrected chi connectivity index (χ0v) is 9.73. The molecule has 15 heavy (non-hydrogen) atoms. The van der Waals surface area contributed by atoms with Crippen LogP contribution in [0.1, 0.15) is 30.1 Å². The molecule has 1 aromatic rings. The Kier molecular flexibility index (Phi) is 4.30. The normalized spacial score (nSPS) is 10.1. The van der Waals surface area contributed by atoms with Gasteiger partial charge in [0.2, 0.25) is 0 Å². The van der Waals surface area contributed by atoms with Gasteiger partial charge in [-0.25, -0.2) is 0 Å². The summed E-state index contributed by atoms with van der Waals surface area (Å²) in [5, 5.41) is 0.577. The summed E-state index contributed by atoms with van der Waals surface area (Å²) < 4.78 is 0. The lowest BCUT2D eigenvalue weighted by molar-refractivity contribution is -0.117. The molecule has 0 bridgehead atoms. The molecule has 0 aromatic heterocycles. The van der Waals surface area contributed by atoms with Gasteiger partial charge in [0.05, 0.1) is 22.0 Å². The summed E-state index contributed by atoms with van der Waals surface area (Å²) in [6.07, 6.45) is 0.202. The van der Waals surface area contributed by atoms with Gasteiger partial charge in [0.25, 0.3) is 0 Å². The van der Waals surface area contributed by atoms with Crippen LogP contribution in [-0.2, 0) is 4.79 Å². The monoisotopic (exact) mass is 244 g/mol. The number of hydrogen-bond acceptors (Lipinski definition) is 2. The first-order valence-corrected chi connectivity index (χ1v) is 5.30. The fourth-order valence-corrected chi connectivity index (χ4v) is 1.76. The highest BCUT2D eigenvalue weighted by atomic mass is 35.5. The molecule has 0 radical (unpaired) electrons. The van der Waals surface area contributed by atoms with E-state index in [0.29, 0.717) is 6.42 Å². The van der Waals surface area contributed by atoms with Gasteiger partial charge in [-0.3, -0.25) is 9.59 Å². The molecular formula is C11H10Cl2O2. The van der Waals surface area contributed by atoms with Gasteiger partial charge in [0, 0.05) is 6.42 Å². The lowest BCUT2D eigenvalue weighted by Gasteiger charge is -2.04. The lowest BCUT2D eigenvalue weighted by Crippen LogP contribution is -2.08. The zero-order valence-electron chi connectivity index (χ0n) is 8.22. The number of halogens is 2. The molecule has 0 aliphatic heterocycles. The quantitative estimate of drug-likeness (QED) is 0.600. The van der Waals surface area contributed by atoms with Crippen molar-refractivity contribution in [1.82, 2.24) is 0 Å². The number of carbonyl (C=O) groups excluding carboxylic acids is 2. The average Bonchev–Trinajstić information content (AvgIpc) is 2.17. The minimum absolute atomic E-state index is 0.115. The Balaban J connectivity index is 2.96. The smallest absolute Gasteiger partial charge is 0.173 e. The van der Waals surface area contributed by atoms with Crippen LogP contribution in [0.5, 0.6) is 0 Å². The van der Waals surface area contributed by atoms with Crippen molar-refractivity contribution < 1.29 is 9.59 Å². The number of ketones is 2. The lowest BCUT2D eigenvalue weighted by atomic mass is 10.0. The highest BCUT2D eigenvalue weighted by Gasteiger charge is 2.16. The molecule has 0 unspecified atom stereocenters. The zero-order chi connectivity index (χ0) is 11.4. The van der Waals surface area contributed by atoms with Crippen molar-refractivity contribution in [2.45, 2.75) is 19.8 Å². The molecule has 0 saturated carbocycles. The van der Waals surface area contributed by atoms with Crippen molar-refractivity contribution in [3.63, 3.8) is 0 Å². The summed E-state index contributed by atoms with van der Waals surface area (Å²) in [5.41, 5.74) is 0.239. The van der Waals surface area contributed by atoms with E-state index >= 15 is 0 Å². The number of rotatable bonds is 4. The number of hydrogen-bond donors (Lipinski definition) is 0. The Labute approximate surface area is 98.2 Å². The summed E-state index contributed by atoms with van der Waals surface area (Å²) in [6, 6.07) is 4.82. The molecule has 0 fully saturated rings. The Morgan fingerprint density at radius 2 is 1.73 bits per heavy atom. The van der Waals surface area contributed by atoms with Crippen molar-refractivity contribution in [3.8, 4) is 0 Å². The van der Waals surface area contributed by atoms with E-state index in [-0.39, 0.29) is 33.6 Å². The van der Waals surface area contributed by atoms with E-state index in [1.807, 2.05) is 0 Å². The van der Waals surface area contributed by atoms with Gasteiger partial charge in [-0.1, -0.05) is 36.2 Å². The van der Waals surface area contributed by atoms with E-state index in [0.717, 1.165) is 0 Å². The van der Waals surface area contributed by atoms with Crippen molar-refractivity contribution >= 4 is 34.8 Å². The molecule has 1 aromatic carbocycles. The number of benzene rings is 1. The highest BCUT2D eigenvalue weighted by Crippen LogP contribution is 2.25. The van der Waals surface area contributed by atoms with Crippen LogP contribution in [-0.4, -0.2) is 11.6 Å². The molecule has 1 rings (SSSR count). The second-order valence-corrected chi connectivity index (χ2v) is 3.90. The average molecular weight is 245 g/mol. The third-order valence-corrected chi connectivity index (χ3v) is 2.62. The van der Waals surface area contributed by atoms with Crippen molar-refractivity contribution in [2.75, 3.05) is 0 Å². The van der Waals surface area contributed by atoms with Gasteiger partial charge in [0.15, 0.2) is 5.78 Å². The van der Waals surface area contributed by atoms with Crippen LogP contribution >= 0.6 is 23.2 Å². The first-order chi connectivity index (χ1) is 7.06. The second-order valence-electron chi connectivity index (χ2n) is 3.09. The van der Waals surface area contributed by atoms with Gasteiger partial charge in [-0.2, -0.15) is 0 Å². The fraction of sp³-hybridized carbons (Fsp3) is 0.273. The molecule has 0 amide bonds. The third-order valence-electron chi connectivity index (χ3n) is 1.99. The molecule has 4 heteroatoms. The number of Topliss-reactive ketones (excluding diaryl/α,β-unsaturated/α-hetero) is 2. The maximum atomic E-state index is 11.7. The van der Waals surface area contributed by atoms with E-state index in [1.54, 1.807) is 25.1 Å². The van der Waals surface area contributed by atoms with Crippen LogP contribution in [0, 0.1) is 0 Å². The fourth-order valence-electron chi connectivity index (χ4n) is 1.16. The maximum absolute atomic E-state index is 11.7. The van der Waals surface area contributed by atoms with Crippen LogP contribution in [0.3, 0.4) is 0 Å². The Morgan fingerprint density at radius 3 is 2.20 bits per heavy atom. The summed E-state index contributed by atoms with van der Waals surface area (Å²) in [4.78, 5) is 22.8. The molecule has 80 valence electrons. The minimum atomic E-state index is -0.322. The van der Waals surface area contributed by atoms with Crippen molar-refractivity contribution in [2.24, 2.45) is 0 Å². The highest BCUT2D eigenvalue weighted by molar-refractivity contribution is 6.40. The van der Waals surface area contributed by atoms with E-state index in [9.17, 15) is 9.59 Å². The predicted octanol–water partition coefficient (Wildman–Crippen LogP) is 3.55. The SMILES string of the molecule is CCC(=O)CC(=O)c1c(Cl)cccc1Cl. The van der Waals surface area contributed by atoms with Crippen molar-refractivity contribution in [1.29, 1.82) is 0 Å². The molecule has 0 saturated heterocycles. The molecule has 0 aliphatic rings. The van der Waals surface area contributed by atoms with Crippen LogP contribution in [0.2, 0.25) is 10.0 Å². The molecule has 0 atom stereocenters. The molecule has 0 spiro atoms. The Bertz CT molecular complexity index is 379. The van der Waals surface area contributed by atoms with Crippen molar-refractivity contribution in [3.05, 3.63) is 33.8 Å². The molecular weight excluding hydrogens is 235 g/mol. The summed E-state index contributed by atoms with van der Waals surface area (Å²) >= 11 is 11.7. The first kappa shape index (κ1) is 12.2. The van der Waals surface area contributed by atoms with Crippen LogP contribution in [0.25, 0.3) is 0 Å². The van der Waals surface area contributed by atoms with E-state index in [1.165, 1.54) is 0 Å². The van der Waals surface area contributed by atoms with E-state index < -0.39 is 0 Å².